The van der Waals surface area contributed by atoms with Crippen molar-refractivity contribution in [2.75, 3.05) is 18.1 Å². The number of amides is 1. The van der Waals surface area contributed by atoms with Crippen LogP contribution in [0.25, 0.3) is 0 Å². The number of benzene rings is 3. The van der Waals surface area contributed by atoms with Gasteiger partial charge in [-0.2, -0.15) is 9.64 Å². The third kappa shape index (κ3) is 7.62. The Balaban J connectivity index is 0.000000191. The minimum absolute atomic E-state index is 0.00780. The van der Waals surface area contributed by atoms with Crippen molar-refractivity contribution in [3.05, 3.63) is 82.4 Å². The summed E-state index contributed by atoms with van der Waals surface area (Å²) in [6, 6.07) is 14.6. The standard InChI is InChI=1S/C18H17FN4O2S.C16H12FNO4/c1-4-5-22-13-7-12(11(19)6-14(13)25-9-16(22)24)20-17-23-10-18(2,3)8-15(23)21-26-17;1-10(16(19)20)21-12-3-5-13(6-4-12)22-15-7-2-11(9-18)8-14(15)17/h1,6-7H,5,8-10H2,2-3H3;2-8,10H,1H3,(H,19,20)/b20-17-;/t;10-/m.1/s1. The van der Waals surface area contributed by atoms with Crippen molar-refractivity contribution < 1.29 is 37.7 Å². The van der Waals surface area contributed by atoms with Crippen LogP contribution in [0.1, 0.15) is 32.2 Å². The summed E-state index contributed by atoms with van der Waals surface area (Å²) in [5.41, 5.74) is 0.883. The molecule has 2 aliphatic rings. The third-order valence-corrected chi connectivity index (χ3v) is 7.99. The molecule has 0 unspecified atom stereocenters. The molecule has 0 aliphatic carbocycles. The first-order chi connectivity index (χ1) is 22.9. The summed E-state index contributed by atoms with van der Waals surface area (Å²) in [7, 11) is 0. The minimum Gasteiger partial charge on any atom is -0.481 e. The highest BCUT2D eigenvalue weighted by atomic mass is 32.1. The van der Waals surface area contributed by atoms with E-state index < -0.39 is 23.7 Å². The van der Waals surface area contributed by atoms with E-state index in [-0.39, 0.29) is 41.5 Å². The lowest BCUT2D eigenvalue weighted by atomic mass is 9.92. The Morgan fingerprint density at radius 1 is 1.19 bits per heavy atom. The lowest BCUT2D eigenvalue weighted by Crippen LogP contribution is -2.39. The fourth-order valence-electron chi connectivity index (χ4n) is 4.87. The highest BCUT2D eigenvalue weighted by Gasteiger charge is 2.31. The normalized spacial score (nSPS) is 15.1. The van der Waals surface area contributed by atoms with Gasteiger partial charge in [0.2, 0.25) is 4.80 Å². The number of aliphatic carboxylic acids is 1. The van der Waals surface area contributed by atoms with E-state index >= 15 is 0 Å². The maximum absolute atomic E-state index is 14.5. The second-order valence-electron chi connectivity index (χ2n) is 11.6. The number of fused-ring (bicyclic) bond motifs is 2. The highest BCUT2D eigenvalue weighted by Crippen LogP contribution is 2.37. The van der Waals surface area contributed by atoms with Gasteiger partial charge in [0.1, 0.15) is 28.8 Å². The van der Waals surface area contributed by atoms with E-state index in [1.54, 1.807) is 0 Å². The van der Waals surface area contributed by atoms with Crippen LogP contribution < -0.4 is 23.9 Å². The summed E-state index contributed by atoms with van der Waals surface area (Å²) in [4.78, 5) is 29.2. The summed E-state index contributed by atoms with van der Waals surface area (Å²) >= 11 is 1.24. The number of carboxylic acids is 1. The number of anilines is 1. The maximum Gasteiger partial charge on any atom is 0.344 e. The molecular weight excluding hydrogens is 644 g/mol. The van der Waals surface area contributed by atoms with Gasteiger partial charge < -0.3 is 23.9 Å². The van der Waals surface area contributed by atoms with Crippen molar-refractivity contribution in [2.45, 2.75) is 39.8 Å². The van der Waals surface area contributed by atoms with Crippen LogP contribution >= 0.6 is 11.5 Å². The van der Waals surface area contributed by atoms with Gasteiger partial charge in [0.15, 0.2) is 30.1 Å². The number of carbonyl (C=O) groups excluding carboxylic acids is 1. The van der Waals surface area contributed by atoms with Gasteiger partial charge in [-0.15, -0.1) is 6.42 Å². The van der Waals surface area contributed by atoms with E-state index in [1.807, 2.05) is 10.6 Å². The van der Waals surface area contributed by atoms with Crippen LogP contribution in [-0.2, 0) is 22.6 Å². The predicted molar refractivity (Wildman–Crippen MR) is 171 cm³/mol. The molecule has 0 spiro atoms. The van der Waals surface area contributed by atoms with Crippen LogP contribution in [0.5, 0.6) is 23.0 Å². The molecule has 2 aliphatic heterocycles. The van der Waals surface area contributed by atoms with E-state index in [2.05, 4.69) is 29.1 Å². The van der Waals surface area contributed by atoms with Gasteiger partial charge in [-0.05, 0) is 60.9 Å². The zero-order valence-corrected chi connectivity index (χ0v) is 26.9. The first-order valence-corrected chi connectivity index (χ1v) is 15.3. The molecule has 1 N–H and O–H groups in total. The zero-order valence-electron chi connectivity index (χ0n) is 26.1. The Morgan fingerprint density at radius 2 is 1.92 bits per heavy atom. The van der Waals surface area contributed by atoms with Crippen molar-refractivity contribution in [2.24, 2.45) is 10.4 Å². The average Bonchev–Trinajstić information content (AvgIpc) is 3.56. The Morgan fingerprint density at radius 3 is 2.58 bits per heavy atom. The second kappa shape index (κ2) is 13.9. The number of carbonyl (C=O) groups is 2. The predicted octanol–water partition coefficient (Wildman–Crippen LogP) is 5.60. The van der Waals surface area contributed by atoms with Crippen LogP contribution in [-0.4, -0.2) is 45.2 Å². The number of carboxylic acid groups (broad SMARTS) is 1. The molecule has 11 nitrogen and oxygen atoms in total. The van der Waals surface area contributed by atoms with Crippen molar-refractivity contribution in [3.63, 3.8) is 0 Å². The summed E-state index contributed by atoms with van der Waals surface area (Å²) < 4.78 is 50.5. The molecular formula is C34H29F2N5O6S. The number of nitrogens with zero attached hydrogens (tertiary/aromatic N) is 5. The Hall–Kier alpha value is -5.73. The number of aromatic nitrogens is 2. The van der Waals surface area contributed by atoms with E-state index in [4.69, 9.17) is 31.0 Å². The maximum atomic E-state index is 14.5. The summed E-state index contributed by atoms with van der Waals surface area (Å²) in [6.07, 6.45) is 5.25. The van der Waals surface area contributed by atoms with Crippen LogP contribution in [0.3, 0.4) is 0 Å². The van der Waals surface area contributed by atoms with Gasteiger partial charge in [-0.3, -0.25) is 9.69 Å². The topological polar surface area (TPSA) is 139 Å². The van der Waals surface area contributed by atoms with Gasteiger partial charge >= 0.3 is 5.97 Å². The van der Waals surface area contributed by atoms with Gasteiger partial charge in [0.25, 0.3) is 5.91 Å². The smallest absolute Gasteiger partial charge is 0.344 e. The van der Waals surface area contributed by atoms with E-state index in [1.165, 1.54) is 71.9 Å². The fraction of sp³-hybridized carbons (Fsp3) is 0.265. The number of halogens is 2. The van der Waals surface area contributed by atoms with Gasteiger partial charge in [-0.25, -0.2) is 18.6 Å². The Labute approximate surface area is 278 Å². The van der Waals surface area contributed by atoms with Crippen molar-refractivity contribution in [1.29, 1.82) is 5.26 Å². The molecule has 14 heteroatoms. The largest absolute Gasteiger partial charge is 0.481 e. The first-order valence-electron chi connectivity index (χ1n) is 14.5. The van der Waals surface area contributed by atoms with Crippen molar-refractivity contribution >= 4 is 34.8 Å². The van der Waals surface area contributed by atoms with E-state index in [0.717, 1.165) is 24.9 Å². The third-order valence-electron chi connectivity index (χ3n) is 7.21. The highest BCUT2D eigenvalue weighted by molar-refractivity contribution is 7.02. The molecule has 48 heavy (non-hydrogen) atoms. The number of nitriles is 1. The molecule has 1 atom stereocenters. The molecule has 0 radical (unpaired) electrons. The molecule has 246 valence electrons. The number of ether oxygens (including phenoxy) is 3. The molecule has 0 bridgehead atoms. The van der Waals surface area contributed by atoms with E-state index in [0.29, 0.717) is 27.7 Å². The van der Waals surface area contributed by atoms with Crippen LogP contribution in [0.4, 0.5) is 20.2 Å². The first kappa shape index (κ1) is 33.6. The molecule has 4 aromatic rings. The molecule has 0 saturated carbocycles. The molecule has 6 rings (SSSR count). The van der Waals surface area contributed by atoms with Gasteiger partial charge in [0.05, 0.1) is 23.9 Å². The molecule has 0 fully saturated rings. The molecule has 1 aromatic heterocycles. The quantitative estimate of drug-likeness (QED) is 0.250. The molecule has 0 saturated heterocycles. The Kier molecular flexibility index (Phi) is 9.77. The van der Waals surface area contributed by atoms with Crippen molar-refractivity contribution in [1.82, 2.24) is 8.94 Å². The van der Waals surface area contributed by atoms with Crippen LogP contribution in [0.15, 0.2) is 59.6 Å². The summed E-state index contributed by atoms with van der Waals surface area (Å²) in [6.45, 7) is 6.47. The average molecular weight is 674 g/mol. The summed E-state index contributed by atoms with van der Waals surface area (Å²) in [5.74, 6) is 1.93. The second-order valence-corrected chi connectivity index (χ2v) is 12.3. The minimum atomic E-state index is -1.07. The summed E-state index contributed by atoms with van der Waals surface area (Å²) in [5, 5.41) is 17.4. The van der Waals surface area contributed by atoms with Gasteiger partial charge in [-0.1, -0.05) is 19.8 Å². The SMILES string of the molecule is C#CCN1C(=O)COc2cc(F)c(/N=c3\snc4n3CC(C)(C)C4)cc21.C[C@@H](Oc1ccc(Oc2ccc(C#N)cc2F)cc1)C(=O)O. The zero-order chi connectivity index (χ0) is 34.6. The van der Waals surface area contributed by atoms with E-state index in [9.17, 15) is 18.4 Å². The monoisotopic (exact) mass is 673 g/mol. The lowest BCUT2D eigenvalue weighted by Gasteiger charge is -2.28. The molecule has 3 aromatic carbocycles. The number of rotatable bonds is 7. The molecule has 1 amide bonds. The van der Waals surface area contributed by atoms with Crippen LogP contribution in [0, 0.1) is 40.7 Å². The fourth-order valence-corrected chi connectivity index (χ4v) is 5.62. The Bertz CT molecular complexity index is 2030. The number of terminal acetylenes is 1. The molecule has 3 heterocycles. The van der Waals surface area contributed by atoms with Crippen LogP contribution in [0.2, 0.25) is 0 Å². The van der Waals surface area contributed by atoms with Crippen molar-refractivity contribution in [3.8, 4) is 41.4 Å². The lowest BCUT2D eigenvalue weighted by molar-refractivity contribution is -0.144. The van der Waals surface area contributed by atoms with Gasteiger partial charge in [0, 0.05) is 30.6 Å². The number of hydrogen-bond acceptors (Lipinski definition) is 9. The number of hydrogen-bond donors (Lipinski definition) is 1.